The second-order valence-corrected chi connectivity index (χ2v) is 4.87. The zero-order valence-corrected chi connectivity index (χ0v) is 11.2. The highest BCUT2D eigenvalue weighted by Crippen LogP contribution is 2.13. The van der Waals surface area contributed by atoms with Crippen molar-refractivity contribution < 1.29 is 9.53 Å². The second-order valence-electron chi connectivity index (χ2n) is 3.89. The third-order valence-electron chi connectivity index (χ3n) is 2.37. The summed E-state index contributed by atoms with van der Waals surface area (Å²) < 4.78 is 5.33. The summed E-state index contributed by atoms with van der Waals surface area (Å²) in [6, 6.07) is 6.99. The van der Waals surface area contributed by atoms with Gasteiger partial charge in [0.1, 0.15) is 5.75 Å². The number of rotatable bonds is 6. The van der Waals surface area contributed by atoms with Gasteiger partial charge in [0.2, 0.25) is 0 Å². The van der Waals surface area contributed by atoms with Gasteiger partial charge < -0.3 is 15.8 Å². The van der Waals surface area contributed by atoms with E-state index in [1.165, 1.54) is 0 Å². The van der Waals surface area contributed by atoms with Crippen LogP contribution < -0.4 is 15.8 Å². The molecule has 3 N–H and O–H groups in total. The van der Waals surface area contributed by atoms with E-state index < -0.39 is 0 Å². The molecule has 0 saturated carbocycles. The highest BCUT2D eigenvalue weighted by Gasteiger charge is 2.03. The van der Waals surface area contributed by atoms with Crippen LogP contribution in [0.3, 0.4) is 0 Å². The number of carbonyl (C=O) groups excluding carboxylic acids is 1. The minimum atomic E-state index is -0.154. The molecule has 0 bridgehead atoms. The first-order valence-corrected chi connectivity index (χ1v) is 6.75. The molecule has 1 aromatic carbocycles. The first-order valence-electron chi connectivity index (χ1n) is 5.87. The predicted molar refractivity (Wildman–Crippen MR) is 75.2 cm³/mol. The molecule has 0 aliphatic rings. The van der Waals surface area contributed by atoms with Crippen molar-refractivity contribution in [3.63, 3.8) is 0 Å². The monoisotopic (exact) mass is 277 g/mol. The van der Waals surface area contributed by atoms with Gasteiger partial charge in [-0.05, 0) is 12.1 Å². The molecule has 1 amide bonds. The summed E-state index contributed by atoms with van der Waals surface area (Å²) in [5, 5.41) is 5.71. The highest BCUT2D eigenvalue weighted by atomic mass is 32.1. The maximum atomic E-state index is 11.5. The van der Waals surface area contributed by atoms with Gasteiger partial charge in [0.15, 0.2) is 6.61 Å². The maximum absolute atomic E-state index is 11.5. The fourth-order valence-electron chi connectivity index (χ4n) is 1.49. The van der Waals surface area contributed by atoms with Gasteiger partial charge in [-0.25, -0.2) is 4.98 Å². The van der Waals surface area contributed by atoms with Gasteiger partial charge in [0, 0.05) is 36.3 Å². The van der Waals surface area contributed by atoms with Crippen LogP contribution in [0.4, 0.5) is 5.69 Å². The zero-order valence-electron chi connectivity index (χ0n) is 10.3. The lowest BCUT2D eigenvalue weighted by atomic mass is 10.3. The van der Waals surface area contributed by atoms with Crippen LogP contribution in [-0.4, -0.2) is 24.0 Å². The molecule has 100 valence electrons. The Morgan fingerprint density at radius 1 is 1.47 bits per heavy atom. The number of amides is 1. The molecule has 1 heterocycles. The standard InChI is InChI=1S/C13H15N3O2S/c14-10-2-1-3-11(8-10)18-9-12(17)15-5-4-13-16-6-7-19-13/h1-3,6-8H,4-5,9,14H2,(H,15,17). The molecule has 0 unspecified atom stereocenters. The van der Waals surface area contributed by atoms with Crippen molar-refractivity contribution in [2.75, 3.05) is 18.9 Å². The molecule has 0 radical (unpaired) electrons. The molecular formula is C13H15N3O2S. The second kappa shape index (κ2) is 6.75. The molecule has 6 heteroatoms. The van der Waals surface area contributed by atoms with E-state index in [1.54, 1.807) is 41.8 Å². The van der Waals surface area contributed by atoms with Crippen LogP contribution in [0.15, 0.2) is 35.8 Å². The Kier molecular flexibility index (Phi) is 4.74. The minimum absolute atomic E-state index is 0.0126. The first-order chi connectivity index (χ1) is 9.24. The van der Waals surface area contributed by atoms with E-state index in [2.05, 4.69) is 10.3 Å². The summed E-state index contributed by atoms with van der Waals surface area (Å²) in [5.74, 6) is 0.439. The van der Waals surface area contributed by atoms with E-state index >= 15 is 0 Å². The average Bonchev–Trinajstić information content (AvgIpc) is 2.90. The van der Waals surface area contributed by atoms with Crippen LogP contribution in [0, 0.1) is 0 Å². The van der Waals surface area contributed by atoms with Crippen LogP contribution in [-0.2, 0) is 11.2 Å². The SMILES string of the molecule is Nc1cccc(OCC(=O)NCCc2nccs2)c1. The Bertz CT molecular complexity index is 528. The molecule has 1 aromatic heterocycles. The zero-order chi connectivity index (χ0) is 13.5. The Morgan fingerprint density at radius 3 is 3.11 bits per heavy atom. The summed E-state index contributed by atoms with van der Waals surface area (Å²) in [7, 11) is 0. The number of hydrogen-bond donors (Lipinski definition) is 2. The van der Waals surface area contributed by atoms with Crippen LogP contribution >= 0.6 is 11.3 Å². The summed E-state index contributed by atoms with van der Waals surface area (Å²) in [4.78, 5) is 15.7. The number of nitrogens with zero attached hydrogens (tertiary/aromatic N) is 1. The van der Waals surface area contributed by atoms with E-state index in [-0.39, 0.29) is 12.5 Å². The summed E-state index contributed by atoms with van der Waals surface area (Å²) >= 11 is 1.58. The first kappa shape index (κ1) is 13.4. The lowest BCUT2D eigenvalue weighted by Crippen LogP contribution is -2.30. The largest absolute Gasteiger partial charge is 0.484 e. The number of hydrogen-bond acceptors (Lipinski definition) is 5. The van der Waals surface area contributed by atoms with Gasteiger partial charge >= 0.3 is 0 Å². The molecule has 0 spiro atoms. The van der Waals surface area contributed by atoms with Crippen molar-refractivity contribution in [2.45, 2.75) is 6.42 Å². The maximum Gasteiger partial charge on any atom is 0.257 e. The molecule has 0 saturated heterocycles. The fraction of sp³-hybridized carbons (Fsp3) is 0.231. The third kappa shape index (κ3) is 4.59. The number of aromatic nitrogens is 1. The highest BCUT2D eigenvalue weighted by molar-refractivity contribution is 7.09. The van der Waals surface area contributed by atoms with E-state index in [0.29, 0.717) is 18.0 Å². The van der Waals surface area contributed by atoms with E-state index in [4.69, 9.17) is 10.5 Å². The third-order valence-corrected chi connectivity index (χ3v) is 3.21. The number of ether oxygens (including phenoxy) is 1. The molecule has 5 nitrogen and oxygen atoms in total. The number of anilines is 1. The number of nitrogen functional groups attached to an aromatic ring is 1. The van der Waals surface area contributed by atoms with Gasteiger partial charge in [-0.2, -0.15) is 0 Å². The van der Waals surface area contributed by atoms with Gasteiger partial charge in [-0.3, -0.25) is 4.79 Å². The number of benzene rings is 1. The van der Waals surface area contributed by atoms with Crippen molar-refractivity contribution >= 4 is 22.9 Å². The number of thiazole rings is 1. The lowest BCUT2D eigenvalue weighted by Gasteiger charge is -2.07. The molecule has 0 atom stereocenters. The Labute approximate surface area is 115 Å². The quantitative estimate of drug-likeness (QED) is 0.784. The van der Waals surface area contributed by atoms with E-state index in [1.807, 2.05) is 5.38 Å². The summed E-state index contributed by atoms with van der Waals surface area (Å²) in [6.45, 7) is 0.550. The molecule has 0 aliphatic carbocycles. The van der Waals surface area contributed by atoms with E-state index in [9.17, 15) is 4.79 Å². The Hall–Kier alpha value is -2.08. The smallest absolute Gasteiger partial charge is 0.257 e. The van der Waals surface area contributed by atoms with E-state index in [0.717, 1.165) is 11.4 Å². The van der Waals surface area contributed by atoms with Gasteiger partial charge in [-0.15, -0.1) is 11.3 Å². The van der Waals surface area contributed by atoms with Crippen molar-refractivity contribution in [1.82, 2.24) is 10.3 Å². The summed E-state index contributed by atoms with van der Waals surface area (Å²) in [5.41, 5.74) is 6.23. The molecule has 19 heavy (non-hydrogen) atoms. The normalized spacial score (nSPS) is 10.1. The van der Waals surface area contributed by atoms with Gasteiger partial charge in [0.05, 0.1) is 5.01 Å². The number of nitrogens with two attached hydrogens (primary N) is 1. The van der Waals surface area contributed by atoms with Crippen molar-refractivity contribution in [3.8, 4) is 5.75 Å². The van der Waals surface area contributed by atoms with Crippen LogP contribution in [0.5, 0.6) is 5.75 Å². The van der Waals surface area contributed by atoms with Gasteiger partial charge in [0.25, 0.3) is 5.91 Å². The molecular weight excluding hydrogens is 262 g/mol. The predicted octanol–water partition coefficient (Wildman–Crippen LogP) is 1.46. The lowest BCUT2D eigenvalue weighted by molar-refractivity contribution is -0.123. The Morgan fingerprint density at radius 2 is 2.37 bits per heavy atom. The van der Waals surface area contributed by atoms with Crippen molar-refractivity contribution in [3.05, 3.63) is 40.8 Å². The van der Waals surface area contributed by atoms with Crippen molar-refractivity contribution in [1.29, 1.82) is 0 Å². The number of nitrogens with one attached hydrogen (secondary N) is 1. The average molecular weight is 277 g/mol. The van der Waals surface area contributed by atoms with Gasteiger partial charge in [-0.1, -0.05) is 6.07 Å². The topological polar surface area (TPSA) is 77.2 Å². The molecule has 0 aliphatic heterocycles. The van der Waals surface area contributed by atoms with Crippen LogP contribution in [0.25, 0.3) is 0 Å². The minimum Gasteiger partial charge on any atom is -0.484 e. The van der Waals surface area contributed by atoms with Crippen molar-refractivity contribution in [2.24, 2.45) is 0 Å². The molecule has 0 fully saturated rings. The fourth-order valence-corrected chi connectivity index (χ4v) is 2.11. The molecule has 2 rings (SSSR count). The van der Waals surface area contributed by atoms with Crippen LogP contribution in [0.2, 0.25) is 0 Å². The number of carbonyl (C=O) groups is 1. The summed E-state index contributed by atoms with van der Waals surface area (Å²) in [6.07, 6.45) is 2.49. The Balaban J connectivity index is 1.67. The molecule has 2 aromatic rings. The van der Waals surface area contributed by atoms with Crippen LogP contribution in [0.1, 0.15) is 5.01 Å².